The second kappa shape index (κ2) is 9.09. The first-order chi connectivity index (χ1) is 12.2. The van der Waals surface area contributed by atoms with E-state index in [1.54, 1.807) is 20.8 Å². The van der Waals surface area contributed by atoms with E-state index in [2.05, 4.69) is 23.0 Å². The molecule has 5 nitrogen and oxygen atoms in total. The van der Waals surface area contributed by atoms with Crippen molar-refractivity contribution in [1.82, 2.24) is 4.72 Å². The fraction of sp³-hybridized carbons (Fsp3) is 0.700. The summed E-state index contributed by atoms with van der Waals surface area (Å²) in [5, 5.41) is 3.47. The smallest absolute Gasteiger partial charge is 0.216 e. The first-order valence-corrected chi connectivity index (χ1v) is 11.1. The maximum atomic E-state index is 12.0. The lowest BCUT2D eigenvalue weighted by molar-refractivity contribution is 0.298. The molecule has 0 spiro atoms. The second-order valence-electron chi connectivity index (χ2n) is 8.18. The van der Waals surface area contributed by atoms with Gasteiger partial charge in [0.25, 0.3) is 0 Å². The van der Waals surface area contributed by atoms with Crippen LogP contribution in [0.1, 0.15) is 58.4 Å². The van der Waals surface area contributed by atoms with Crippen LogP contribution in [-0.4, -0.2) is 32.9 Å². The number of nitrogens with one attached hydrogen (secondary N) is 2. The molecule has 2 N–H and O–H groups in total. The Balaban J connectivity index is 1.64. The van der Waals surface area contributed by atoms with Crippen LogP contribution < -0.4 is 14.8 Å². The van der Waals surface area contributed by atoms with Crippen molar-refractivity contribution in [3.05, 3.63) is 23.8 Å². The zero-order valence-corrected chi connectivity index (χ0v) is 17.4. The van der Waals surface area contributed by atoms with E-state index in [0.717, 1.165) is 55.3 Å². The molecule has 6 heteroatoms. The monoisotopic (exact) mass is 382 g/mol. The molecular weight excluding hydrogens is 348 g/mol. The van der Waals surface area contributed by atoms with Gasteiger partial charge in [0, 0.05) is 24.3 Å². The van der Waals surface area contributed by atoms with E-state index >= 15 is 0 Å². The molecule has 0 atom stereocenters. The number of hydrogen-bond donors (Lipinski definition) is 2. The molecule has 0 aromatic heterocycles. The standard InChI is InChI=1S/C20H34N2O3S/c1-16-18(9-8-10-19(16)25-15-17-11-12-17)21-13-6-5-7-14-22-26(23,24)20(2,3)4/h8-10,17,21-22H,5-7,11-15H2,1-4H3. The highest BCUT2D eigenvalue weighted by Gasteiger charge is 2.27. The predicted molar refractivity (Wildman–Crippen MR) is 108 cm³/mol. The van der Waals surface area contributed by atoms with Crippen LogP contribution in [0, 0.1) is 12.8 Å². The van der Waals surface area contributed by atoms with Gasteiger partial charge in [-0.3, -0.25) is 0 Å². The van der Waals surface area contributed by atoms with Crippen LogP contribution in [0.3, 0.4) is 0 Å². The number of sulfonamides is 1. The summed E-state index contributed by atoms with van der Waals surface area (Å²) >= 11 is 0. The van der Waals surface area contributed by atoms with E-state index in [0.29, 0.717) is 6.54 Å². The van der Waals surface area contributed by atoms with Gasteiger partial charge < -0.3 is 10.1 Å². The molecule has 2 rings (SSSR count). The molecule has 0 saturated heterocycles. The predicted octanol–water partition coefficient (Wildman–Crippen LogP) is 4.08. The average molecular weight is 383 g/mol. The van der Waals surface area contributed by atoms with Crippen molar-refractivity contribution in [1.29, 1.82) is 0 Å². The van der Waals surface area contributed by atoms with Gasteiger partial charge in [-0.2, -0.15) is 0 Å². The fourth-order valence-electron chi connectivity index (χ4n) is 2.53. The SMILES string of the molecule is Cc1c(NCCCCCNS(=O)(=O)C(C)(C)C)cccc1OCC1CC1. The molecule has 148 valence electrons. The summed E-state index contributed by atoms with van der Waals surface area (Å²) in [6.45, 7) is 9.43. The largest absolute Gasteiger partial charge is 0.493 e. The van der Waals surface area contributed by atoms with Crippen LogP contribution >= 0.6 is 0 Å². The highest BCUT2D eigenvalue weighted by molar-refractivity contribution is 7.90. The molecule has 0 aliphatic heterocycles. The molecule has 1 aliphatic rings. The Morgan fingerprint density at radius 1 is 1.12 bits per heavy atom. The number of ether oxygens (including phenoxy) is 1. The van der Waals surface area contributed by atoms with Gasteiger partial charge in [-0.15, -0.1) is 0 Å². The molecule has 1 aromatic carbocycles. The fourth-order valence-corrected chi connectivity index (χ4v) is 3.37. The van der Waals surface area contributed by atoms with Gasteiger partial charge in [0.1, 0.15) is 5.75 Å². The Labute approximate surface area is 159 Å². The third-order valence-electron chi connectivity index (χ3n) is 4.72. The minimum absolute atomic E-state index is 0.503. The number of rotatable bonds is 11. The zero-order valence-electron chi connectivity index (χ0n) is 16.6. The third-order valence-corrected chi connectivity index (χ3v) is 6.92. The van der Waals surface area contributed by atoms with Gasteiger partial charge in [-0.1, -0.05) is 12.5 Å². The molecule has 26 heavy (non-hydrogen) atoms. The van der Waals surface area contributed by atoms with Gasteiger partial charge in [-0.05, 0) is 71.4 Å². The zero-order chi connectivity index (χ0) is 19.2. The van der Waals surface area contributed by atoms with Crippen molar-refractivity contribution < 1.29 is 13.2 Å². The van der Waals surface area contributed by atoms with Crippen molar-refractivity contribution in [3.63, 3.8) is 0 Å². The summed E-state index contributed by atoms with van der Waals surface area (Å²) in [4.78, 5) is 0. The van der Waals surface area contributed by atoms with Gasteiger partial charge in [0.2, 0.25) is 10.0 Å². The Morgan fingerprint density at radius 3 is 2.46 bits per heavy atom. The second-order valence-corrected chi connectivity index (χ2v) is 10.7. The topological polar surface area (TPSA) is 67.4 Å². The molecule has 1 aromatic rings. The van der Waals surface area contributed by atoms with Crippen LogP contribution in [-0.2, 0) is 10.0 Å². The maximum Gasteiger partial charge on any atom is 0.216 e. The Hall–Kier alpha value is -1.27. The van der Waals surface area contributed by atoms with E-state index < -0.39 is 14.8 Å². The molecule has 0 radical (unpaired) electrons. The number of anilines is 1. The van der Waals surface area contributed by atoms with Crippen molar-refractivity contribution in [2.75, 3.05) is 25.0 Å². The number of unbranched alkanes of at least 4 members (excludes halogenated alkanes) is 2. The molecule has 0 unspecified atom stereocenters. The summed E-state index contributed by atoms with van der Waals surface area (Å²) in [6.07, 6.45) is 5.42. The van der Waals surface area contributed by atoms with Gasteiger partial charge in [-0.25, -0.2) is 13.1 Å². The lowest BCUT2D eigenvalue weighted by Gasteiger charge is -2.19. The minimum atomic E-state index is -3.23. The average Bonchev–Trinajstić information content (AvgIpc) is 3.37. The van der Waals surface area contributed by atoms with Crippen molar-refractivity contribution in [2.24, 2.45) is 5.92 Å². The molecule has 1 saturated carbocycles. The normalized spacial score (nSPS) is 15.1. The third kappa shape index (κ3) is 6.47. The van der Waals surface area contributed by atoms with E-state index in [9.17, 15) is 8.42 Å². The van der Waals surface area contributed by atoms with E-state index in [1.807, 2.05) is 12.1 Å². The highest BCUT2D eigenvalue weighted by Crippen LogP contribution is 2.31. The van der Waals surface area contributed by atoms with Gasteiger partial charge in [0.15, 0.2) is 0 Å². The van der Waals surface area contributed by atoms with Gasteiger partial charge in [0.05, 0.1) is 11.4 Å². The maximum absolute atomic E-state index is 12.0. The summed E-state index contributed by atoms with van der Waals surface area (Å²) in [5.41, 5.74) is 2.28. The molecular formula is C20H34N2O3S. The van der Waals surface area contributed by atoms with Crippen LogP contribution in [0.15, 0.2) is 18.2 Å². The molecule has 0 heterocycles. The highest BCUT2D eigenvalue weighted by atomic mass is 32.2. The Morgan fingerprint density at radius 2 is 1.81 bits per heavy atom. The summed E-state index contributed by atoms with van der Waals surface area (Å²) in [6, 6.07) is 6.14. The minimum Gasteiger partial charge on any atom is -0.493 e. The van der Waals surface area contributed by atoms with E-state index in [4.69, 9.17) is 4.74 Å². The lowest BCUT2D eigenvalue weighted by Crippen LogP contribution is -2.39. The van der Waals surface area contributed by atoms with Crippen molar-refractivity contribution in [2.45, 2.75) is 64.5 Å². The lowest BCUT2D eigenvalue weighted by atomic mass is 10.1. The quantitative estimate of drug-likeness (QED) is 0.566. The summed E-state index contributed by atoms with van der Waals surface area (Å²) < 4.78 is 31.8. The van der Waals surface area contributed by atoms with Crippen LogP contribution in [0.4, 0.5) is 5.69 Å². The van der Waals surface area contributed by atoms with Crippen molar-refractivity contribution in [3.8, 4) is 5.75 Å². The van der Waals surface area contributed by atoms with Crippen LogP contribution in [0.5, 0.6) is 5.75 Å². The Bertz CT molecular complexity index is 677. The first-order valence-electron chi connectivity index (χ1n) is 9.66. The van der Waals surface area contributed by atoms with E-state index in [-0.39, 0.29) is 0 Å². The van der Waals surface area contributed by atoms with Crippen LogP contribution in [0.25, 0.3) is 0 Å². The molecule has 1 aliphatic carbocycles. The summed E-state index contributed by atoms with van der Waals surface area (Å²) in [7, 11) is -3.23. The molecule has 0 bridgehead atoms. The van der Waals surface area contributed by atoms with Crippen LogP contribution in [0.2, 0.25) is 0 Å². The first kappa shape index (κ1) is 21.0. The van der Waals surface area contributed by atoms with Gasteiger partial charge >= 0.3 is 0 Å². The molecule has 0 amide bonds. The summed E-state index contributed by atoms with van der Waals surface area (Å²) in [5.74, 6) is 1.72. The van der Waals surface area contributed by atoms with E-state index in [1.165, 1.54) is 12.8 Å². The Kier molecular flexibility index (Phi) is 7.35. The number of hydrogen-bond acceptors (Lipinski definition) is 4. The van der Waals surface area contributed by atoms with Crippen molar-refractivity contribution >= 4 is 15.7 Å². The number of benzene rings is 1. The molecule has 1 fully saturated rings.